The van der Waals surface area contributed by atoms with Gasteiger partial charge in [-0.05, 0) is 45.0 Å². The SMILES string of the molecule is CNC(C)C(=O)c1cc(C)cc(C)c1OC. The number of hydrogen-bond acceptors (Lipinski definition) is 3. The summed E-state index contributed by atoms with van der Waals surface area (Å²) in [6.07, 6.45) is 0. The number of methoxy groups -OCH3 is 1. The normalized spacial score (nSPS) is 12.3. The number of benzene rings is 1. The summed E-state index contributed by atoms with van der Waals surface area (Å²) in [5.74, 6) is 0.740. The second kappa shape index (κ2) is 5.12. The Hall–Kier alpha value is -1.35. The molecule has 0 heterocycles. The Bertz CT molecular complexity index is 399. The molecule has 0 spiro atoms. The second-order valence-electron chi connectivity index (χ2n) is 4.04. The van der Waals surface area contributed by atoms with Gasteiger partial charge in [-0.2, -0.15) is 0 Å². The number of carbonyl (C=O) groups is 1. The van der Waals surface area contributed by atoms with Crippen molar-refractivity contribution >= 4 is 5.78 Å². The first-order valence-corrected chi connectivity index (χ1v) is 5.38. The lowest BCUT2D eigenvalue weighted by molar-refractivity contribution is 0.0952. The van der Waals surface area contributed by atoms with E-state index in [0.717, 1.165) is 11.1 Å². The van der Waals surface area contributed by atoms with Crippen LogP contribution in [0.25, 0.3) is 0 Å². The molecular formula is C13H19NO2. The third-order valence-electron chi connectivity index (χ3n) is 2.71. The fourth-order valence-electron chi connectivity index (χ4n) is 1.77. The monoisotopic (exact) mass is 221 g/mol. The lowest BCUT2D eigenvalue weighted by Crippen LogP contribution is -2.31. The number of ether oxygens (including phenoxy) is 1. The van der Waals surface area contributed by atoms with Crippen LogP contribution >= 0.6 is 0 Å². The molecule has 3 heteroatoms. The van der Waals surface area contributed by atoms with E-state index in [1.54, 1.807) is 14.2 Å². The number of likely N-dealkylation sites (N-methyl/N-ethyl adjacent to an activating group) is 1. The Morgan fingerprint density at radius 1 is 1.38 bits per heavy atom. The van der Waals surface area contributed by atoms with E-state index in [4.69, 9.17) is 4.74 Å². The van der Waals surface area contributed by atoms with Gasteiger partial charge >= 0.3 is 0 Å². The zero-order valence-corrected chi connectivity index (χ0v) is 10.5. The summed E-state index contributed by atoms with van der Waals surface area (Å²) < 4.78 is 5.30. The van der Waals surface area contributed by atoms with Gasteiger partial charge in [0.2, 0.25) is 0 Å². The minimum Gasteiger partial charge on any atom is -0.496 e. The van der Waals surface area contributed by atoms with Gasteiger partial charge in [0.1, 0.15) is 5.75 Å². The standard InChI is InChI=1S/C13H19NO2/c1-8-6-9(2)13(16-5)11(7-8)12(15)10(3)14-4/h6-7,10,14H,1-5H3. The maximum absolute atomic E-state index is 12.1. The Morgan fingerprint density at radius 3 is 2.50 bits per heavy atom. The number of carbonyl (C=O) groups excluding carboxylic acids is 1. The van der Waals surface area contributed by atoms with Crippen molar-refractivity contribution in [3.05, 3.63) is 28.8 Å². The van der Waals surface area contributed by atoms with E-state index in [1.807, 2.05) is 32.9 Å². The first kappa shape index (κ1) is 12.7. The maximum Gasteiger partial charge on any atom is 0.183 e. The number of Topliss-reactive ketones (excluding diaryl/α,β-unsaturated/α-hetero) is 1. The first-order valence-electron chi connectivity index (χ1n) is 5.38. The Labute approximate surface area is 96.8 Å². The van der Waals surface area contributed by atoms with E-state index in [1.165, 1.54) is 0 Å². The number of nitrogens with one attached hydrogen (secondary N) is 1. The van der Waals surface area contributed by atoms with Crippen molar-refractivity contribution in [3.8, 4) is 5.75 Å². The van der Waals surface area contributed by atoms with Crippen molar-refractivity contribution < 1.29 is 9.53 Å². The van der Waals surface area contributed by atoms with Crippen LogP contribution in [0.2, 0.25) is 0 Å². The van der Waals surface area contributed by atoms with E-state index in [0.29, 0.717) is 11.3 Å². The molecule has 1 aromatic carbocycles. The smallest absolute Gasteiger partial charge is 0.183 e. The highest BCUT2D eigenvalue weighted by atomic mass is 16.5. The van der Waals surface area contributed by atoms with Crippen LogP contribution in [-0.4, -0.2) is 26.0 Å². The molecule has 3 nitrogen and oxygen atoms in total. The molecule has 1 aromatic rings. The highest BCUT2D eigenvalue weighted by molar-refractivity contribution is 6.02. The molecule has 1 atom stereocenters. The minimum absolute atomic E-state index is 0.0613. The van der Waals surface area contributed by atoms with Gasteiger partial charge < -0.3 is 10.1 Å². The van der Waals surface area contributed by atoms with E-state index in [2.05, 4.69) is 5.32 Å². The zero-order valence-electron chi connectivity index (χ0n) is 10.5. The van der Waals surface area contributed by atoms with E-state index in [-0.39, 0.29) is 11.8 Å². The second-order valence-corrected chi connectivity index (χ2v) is 4.04. The third kappa shape index (κ3) is 2.42. The summed E-state index contributed by atoms with van der Waals surface area (Å²) in [6.45, 7) is 5.78. The van der Waals surface area contributed by atoms with Crippen LogP contribution in [0, 0.1) is 13.8 Å². The van der Waals surface area contributed by atoms with Crippen LogP contribution in [0.1, 0.15) is 28.4 Å². The van der Waals surface area contributed by atoms with Crippen LogP contribution < -0.4 is 10.1 Å². The van der Waals surface area contributed by atoms with Gasteiger partial charge in [-0.1, -0.05) is 6.07 Å². The fourth-order valence-corrected chi connectivity index (χ4v) is 1.77. The molecule has 0 fully saturated rings. The van der Waals surface area contributed by atoms with Crippen LogP contribution in [-0.2, 0) is 0 Å². The summed E-state index contributed by atoms with van der Waals surface area (Å²) in [5.41, 5.74) is 2.72. The highest BCUT2D eigenvalue weighted by Crippen LogP contribution is 2.26. The molecule has 88 valence electrons. The van der Waals surface area contributed by atoms with Crippen LogP contribution in [0.5, 0.6) is 5.75 Å². The van der Waals surface area contributed by atoms with Gasteiger partial charge in [-0.25, -0.2) is 0 Å². The Kier molecular flexibility index (Phi) is 4.07. The topological polar surface area (TPSA) is 38.3 Å². The molecule has 0 radical (unpaired) electrons. The predicted octanol–water partition coefficient (Wildman–Crippen LogP) is 2.10. The number of ketones is 1. The van der Waals surface area contributed by atoms with Gasteiger partial charge in [0.25, 0.3) is 0 Å². The lowest BCUT2D eigenvalue weighted by atomic mass is 9.99. The molecule has 0 aromatic heterocycles. The molecule has 16 heavy (non-hydrogen) atoms. The average Bonchev–Trinajstić information content (AvgIpc) is 2.26. The fraction of sp³-hybridized carbons (Fsp3) is 0.462. The summed E-state index contributed by atoms with van der Waals surface area (Å²) in [6, 6.07) is 3.69. The average molecular weight is 221 g/mol. The van der Waals surface area contributed by atoms with Crippen molar-refractivity contribution in [2.75, 3.05) is 14.2 Å². The van der Waals surface area contributed by atoms with E-state index < -0.39 is 0 Å². The van der Waals surface area contributed by atoms with Crippen molar-refractivity contribution in [2.24, 2.45) is 0 Å². The lowest BCUT2D eigenvalue weighted by Gasteiger charge is -2.15. The highest BCUT2D eigenvalue weighted by Gasteiger charge is 2.19. The molecule has 0 saturated carbocycles. The molecule has 1 unspecified atom stereocenters. The van der Waals surface area contributed by atoms with E-state index in [9.17, 15) is 4.79 Å². The third-order valence-corrected chi connectivity index (χ3v) is 2.71. The summed E-state index contributed by atoms with van der Waals surface area (Å²) in [4.78, 5) is 12.1. The quantitative estimate of drug-likeness (QED) is 0.791. The number of hydrogen-bond donors (Lipinski definition) is 1. The van der Waals surface area contributed by atoms with Gasteiger partial charge in [0, 0.05) is 0 Å². The van der Waals surface area contributed by atoms with Gasteiger partial charge in [0.15, 0.2) is 5.78 Å². The van der Waals surface area contributed by atoms with Gasteiger partial charge in [0.05, 0.1) is 18.7 Å². The summed E-state index contributed by atoms with van der Waals surface area (Å²) in [7, 11) is 3.37. The van der Waals surface area contributed by atoms with Crippen LogP contribution in [0.4, 0.5) is 0 Å². The van der Waals surface area contributed by atoms with Crippen molar-refractivity contribution in [2.45, 2.75) is 26.8 Å². The Balaban J connectivity index is 3.26. The van der Waals surface area contributed by atoms with Crippen molar-refractivity contribution in [1.29, 1.82) is 0 Å². The van der Waals surface area contributed by atoms with Crippen LogP contribution in [0.3, 0.4) is 0 Å². The van der Waals surface area contributed by atoms with Gasteiger partial charge in [-0.3, -0.25) is 4.79 Å². The van der Waals surface area contributed by atoms with Gasteiger partial charge in [-0.15, -0.1) is 0 Å². The summed E-state index contributed by atoms with van der Waals surface area (Å²) >= 11 is 0. The molecular weight excluding hydrogens is 202 g/mol. The molecule has 0 aliphatic heterocycles. The number of rotatable bonds is 4. The first-order chi connectivity index (χ1) is 7.51. The van der Waals surface area contributed by atoms with Crippen LogP contribution in [0.15, 0.2) is 12.1 Å². The van der Waals surface area contributed by atoms with E-state index >= 15 is 0 Å². The summed E-state index contributed by atoms with van der Waals surface area (Å²) in [5, 5.41) is 2.95. The molecule has 1 N–H and O–H groups in total. The molecule has 0 amide bonds. The molecule has 0 aliphatic carbocycles. The van der Waals surface area contributed by atoms with Crippen molar-refractivity contribution in [3.63, 3.8) is 0 Å². The molecule has 0 saturated heterocycles. The van der Waals surface area contributed by atoms with Crippen molar-refractivity contribution in [1.82, 2.24) is 5.32 Å². The minimum atomic E-state index is -0.199. The molecule has 1 rings (SSSR count). The Morgan fingerprint density at radius 2 is 2.00 bits per heavy atom. The maximum atomic E-state index is 12.1. The largest absolute Gasteiger partial charge is 0.496 e. The molecule has 0 aliphatic rings. The predicted molar refractivity (Wildman–Crippen MR) is 65.3 cm³/mol. The molecule has 0 bridgehead atoms. The number of aryl methyl sites for hydroxylation is 2. The zero-order chi connectivity index (χ0) is 12.3.